The number of morpholine rings is 1. The minimum atomic E-state index is -0.317. The van der Waals surface area contributed by atoms with E-state index in [2.05, 4.69) is 32.5 Å². The zero-order chi connectivity index (χ0) is 26.2. The molecule has 2 heterocycles. The highest BCUT2D eigenvalue weighted by atomic mass is 35.5. The fourth-order valence-corrected chi connectivity index (χ4v) is 3.76. The van der Waals surface area contributed by atoms with Crippen LogP contribution in [0.2, 0.25) is 10.0 Å². The van der Waals surface area contributed by atoms with Crippen molar-refractivity contribution in [1.29, 1.82) is 0 Å². The maximum Gasteiger partial charge on any atom is 0.260 e. The predicted molar refractivity (Wildman–Crippen MR) is 143 cm³/mol. The smallest absolute Gasteiger partial charge is 0.260 e. The summed E-state index contributed by atoms with van der Waals surface area (Å²) < 4.78 is 10.9. The Morgan fingerprint density at radius 1 is 1.05 bits per heavy atom. The summed E-state index contributed by atoms with van der Waals surface area (Å²) in [6.07, 6.45) is 2.65. The van der Waals surface area contributed by atoms with Gasteiger partial charge in [-0.1, -0.05) is 35.8 Å². The molecule has 0 radical (unpaired) electrons. The molecule has 0 unspecified atom stereocenters. The SMILES string of the molecule is C=CC(=O)Nc1cccc(Nc2nc(Nc3ccc(OCC(=O)N4CCOCC4)c(Cl)c3)ncc2Cl)c1. The lowest BCUT2D eigenvalue weighted by Crippen LogP contribution is -2.42. The number of rotatable bonds is 9. The normalized spacial score (nSPS) is 13.0. The largest absolute Gasteiger partial charge is 0.482 e. The van der Waals surface area contributed by atoms with Gasteiger partial charge < -0.3 is 30.3 Å². The summed E-state index contributed by atoms with van der Waals surface area (Å²) in [4.78, 5) is 34.2. The fraction of sp³-hybridized carbons (Fsp3) is 0.200. The van der Waals surface area contributed by atoms with Crippen molar-refractivity contribution in [3.63, 3.8) is 0 Å². The van der Waals surface area contributed by atoms with Crippen molar-refractivity contribution in [2.45, 2.75) is 0 Å². The molecule has 2 aromatic carbocycles. The zero-order valence-corrected chi connectivity index (χ0v) is 21.2. The van der Waals surface area contributed by atoms with Crippen LogP contribution in [-0.2, 0) is 14.3 Å². The van der Waals surface area contributed by atoms with Crippen LogP contribution >= 0.6 is 23.2 Å². The van der Waals surface area contributed by atoms with Gasteiger partial charge in [-0.2, -0.15) is 4.98 Å². The van der Waals surface area contributed by atoms with E-state index in [0.29, 0.717) is 65.0 Å². The molecular formula is C25H24Cl2N6O4. The van der Waals surface area contributed by atoms with Gasteiger partial charge in [0.1, 0.15) is 10.8 Å². The van der Waals surface area contributed by atoms with Crippen molar-refractivity contribution in [2.75, 3.05) is 48.9 Å². The van der Waals surface area contributed by atoms with Crippen LogP contribution in [0.5, 0.6) is 5.75 Å². The number of hydrogen-bond acceptors (Lipinski definition) is 8. The van der Waals surface area contributed by atoms with Crippen molar-refractivity contribution in [3.8, 4) is 5.75 Å². The molecule has 1 aliphatic heterocycles. The van der Waals surface area contributed by atoms with E-state index in [9.17, 15) is 9.59 Å². The van der Waals surface area contributed by atoms with Gasteiger partial charge in [0, 0.05) is 30.2 Å². The highest BCUT2D eigenvalue weighted by Crippen LogP contribution is 2.30. The third kappa shape index (κ3) is 7.32. The van der Waals surface area contributed by atoms with Gasteiger partial charge >= 0.3 is 0 Å². The second kappa shape index (κ2) is 12.4. The summed E-state index contributed by atoms with van der Waals surface area (Å²) in [5, 5.41) is 9.51. The Labute approximate surface area is 223 Å². The molecule has 192 valence electrons. The number of aromatic nitrogens is 2. The topological polar surface area (TPSA) is 118 Å². The van der Waals surface area contributed by atoms with E-state index < -0.39 is 0 Å². The minimum absolute atomic E-state index is 0.111. The molecule has 0 aliphatic carbocycles. The van der Waals surface area contributed by atoms with E-state index in [4.69, 9.17) is 32.7 Å². The first-order valence-corrected chi connectivity index (χ1v) is 12.0. The van der Waals surface area contributed by atoms with E-state index in [1.807, 2.05) is 0 Å². The zero-order valence-electron chi connectivity index (χ0n) is 19.7. The van der Waals surface area contributed by atoms with Crippen LogP contribution in [0, 0.1) is 0 Å². The number of amides is 2. The molecule has 0 saturated carbocycles. The summed E-state index contributed by atoms with van der Waals surface area (Å²) in [6.45, 7) is 5.48. The molecule has 4 rings (SSSR count). The Hall–Kier alpha value is -3.86. The number of ether oxygens (including phenoxy) is 2. The third-order valence-corrected chi connectivity index (χ3v) is 5.80. The Balaban J connectivity index is 1.39. The standard InChI is InChI=1S/C25H24Cl2N6O4/c1-2-22(34)29-16-4-3-5-17(12-16)30-24-20(27)14-28-25(32-24)31-18-6-7-21(19(26)13-18)37-15-23(35)33-8-10-36-11-9-33/h2-7,12-14H,1,8-11,15H2,(H,29,34)(H2,28,30,31,32). The monoisotopic (exact) mass is 542 g/mol. The summed E-state index contributed by atoms with van der Waals surface area (Å²) in [5.74, 6) is 0.582. The Kier molecular flexibility index (Phi) is 8.78. The quantitative estimate of drug-likeness (QED) is 0.335. The second-order valence-electron chi connectivity index (χ2n) is 7.84. The first kappa shape index (κ1) is 26.2. The number of nitrogens with one attached hydrogen (secondary N) is 3. The second-order valence-corrected chi connectivity index (χ2v) is 8.66. The van der Waals surface area contributed by atoms with Crippen LogP contribution in [0.4, 0.5) is 28.8 Å². The number of carbonyl (C=O) groups excluding carboxylic acids is 2. The van der Waals surface area contributed by atoms with Crippen molar-refractivity contribution in [1.82, 2.24) is 14.9 Å². The maximum absolute atomic E-state index is 12.3. The first-order chi connectivity index (χ1) is 17.9. The molecule has 2 amide bonds. The average molecular weight is 543 g/mol. The summed E-state index contributed by atoms with van der Waals surface area (Å²) >= 11 is 12.7. The lowest BCUT2D eigenvalue weighted by molar-refractivity contribution is -0.137. The summed E-state index contributed by atoms with van der Waals surface area (Å²) in [5.41, 5.74) is 1.85. The van der Waals surface area contributed by atoms with Gasteiger partial charge in [0.25, 0.3) is 5.91 Å². The lowest BCUT2D eigenvalue weighted by atomic mass is 10.2. The van der Waals surface area contributed by atoms with Crippen LogP contribution in [0.15, 0.2) is 61.3 Å². The summed E-state index contributed by atoms with van der Waals surface area (Å²) in [7, 11) is 0. The molecule has 3 N–H and O–H groups in total. The number of nitrogens with zero attached hydrogens (tertiary/aromatic N) is 3. The molecule has 1 aromatic heterocycles. The first-order valence-electron chi connectivity index (χ1n) is 11.3. The van der Waals surface area contributed by atoms with E-state index in [-0.39, 0.29) is 24.4 Å². The van der Waals surface area contributed by atoms with E-state index in [1.165, 1.54) is 12.3 Å². The van der Waals surface area contributed by atoms with Crippen LogP contribution < -0.4 is 20.7 Å². The van der Waals surface area contributed by atoms with Gasteiger partial charge in [-0.15, -0.1) is 0 Å². The highest BCUT2D eigenvalue weighted by Gasteiger charge is 2.18. The molecule has 1 saturated heterocycles. The maximum atomic E-state index is 12.3. The van der Waals surface area contributed by atoms with Crippen LogP contribution in [0.1, 0.15) is 0 Å². The predicted octanol–water partition coefficient (Wildman–Crippen LogP) is 4.63. The van der Waals surface area contributed by atoms with Crippen molar-refractivity contribution in [2.24, 2.45) is 0 Å². The van der Waals surface area contributed by atoms with Gasteiger partial charge in [0.15, 0.2) is 12.4 Å². The molecule has 12 heteroatoms. The molecule has 0 spiro atoms. The molecule has 0 atom stereocenters. The van der Waals surface area contributed by atoms with Crippen LogP contribution in [0.25, 0.3) is 0 Å². The number of hydrogen-bond donors (Lipinski definition) is 3. The van der Waals surface area contributed by atoms with E-state index >= 15 is 0 Å². The molecular weight excluding hydrogens is 519 g/mol. The molecule has 37 heavy (non-hydrogen) atoms. The van der Waals surface area contributed by atoms with E-state index in [0.717, 1.165) is 0 Å². The molecule has 1 fully saturated rings. The van der Waals surface area contributed by atoms with Gasteiger partial charge in [0.2, 0.25) is 11.9 Å². The molecule has 0 bridgehead atoms. The third-order valence-electron chi connectivity index (χ3n) is 5.23. The van der Waals surface area contributed by atoms with Gasteiger partial charge in [-0.25, -0.2) is 4.98 Å². The minimum Gasteiger partial charge on any atom is -0.482 e. The van der Waals surface area contributed by atoms with Crippen molar-refractivity contribution < 1.29 is 19.1 Å². The average Bonchev–Trinajstić information content (AvgIpc) is 2.90. The number of anilines is 5. The summed E-state index contributed by atoms with van der Waals surface area (Å²) in [6, 6.07) is 12.1. The van der Waals surface area contributed by atoms with Gasteiger partial charge in [0.05, 0.1) is 24.4 Å². The molecule has 1 aliphatic rings. The molecule has 3 aromatic rings. The number of benzene rings is 2. The van der Waals surface area contributed by atoms with Gasteiger partial charge in [-0.3, -0.25) is 9.59 Å². The lowest BCUT2D eigenvalue weighted by Gasteiger charge is -2.26. The Morgan fingerprint density at radius 2 is 1.81 bits per heavy atom. The van der Waals surface area contributed by atoms with Gasteiger partial charge in [-0.05, 0) is 42.5 Å². The van der Waals surface area contributed by atoms with Crippen LogP contribution in [0.3, 0.4) is 0 Å². The van der Waals surface area contributed by atoms with E-state index in [1.54, 1.807) is 47.4 Å². The Morgan fingerprint density at radius 3 is 2.57 bits per heavy atom. The fourth-order valence-electron chi connectivity index (χ4n) is 3.39. The van der Waals surface area contributed by atoms with Crippen molar-refractivity contribution in [3.05, 3.63) is 71.4 Å². The van der Waals surface area contributed by atoms with Crippen molar-refractivity contribution >= 4 is 63.8 Å². The number of carbonyl (C=O) groups is 2. The van der Waals surface area contributed by atoms with Crippen LogP contribution in [-0.4, -0.2) is 59.6 Å². The highest BCUT2D eigenvalue weighted by molar-refractivity contribution is 6.33. The Bertz CT molecular complexity index is 1300. The molecule has 10 nitrogen and oxygen atoms in total. The number of halogens is 2.